The second-order valence-electron chi connectivity index (χ2n) is 5.15. The summed E-state index contributed by atoms with van der Waals surface area (Å²) in [5.74, 6) is -0.635. The highest BCUT2D eigenvalue weighted by Gasteiger charge is 2.14. The Bertz CT molecular complexity index is 644. The van der Waals surface area contributed by atoms with Crippen molar-refractivity contribution in [3.05, 3.63) is 48.0 Å². The topological polar surface area (TPSA) is 43.4 Å². The summed E-state index contributed by atoms with van der Waals surface area (Å²) in [5.41, 5.74) is 0.466. The van der Waals surface area contributed by atoms with Crippen LogP contribution in [0.2, 0.25) is 5.82 Å². The number of carbonyl (C=O) groups excluding carboxylic acids is 2. The smallest absolute Gasteiger partial charge is 0.338 e. The van der Waals surface area contributed by atoms with E-state index in [0.717, 1.165) is 10.8 Å². The Morgan fingerprint density at radius 1 is 1.24 bits per heavy atom. The van der Waals surface area contributed by atoms with Crippen LogP contribution in [0.4, 0.5) is 4.39 Å². The molecule has 0 amide bonds. The van der Waals surface area contributed by atoms with E-state index in [1.54, 1.807) is 20.0 Å². The molecule has 5 heteroatoms. The van der Waals surface area contributed by atoms with Crippen molar-refractivity contribution in [2.45, 2.75) is 18.4 Å². The largest absolute Gasteiger partial charge is 0.463 e. The molecule has 0 aliphatic heterocycles. The lowest BCUT2D eigenvalue weighted by Crippen LogP contribution is -2.15. The molecule has 0 unspecified atom stereocenters. The third-order valence-corrected chi connectivity index (χ3v) is 3.26. The Morgan fingerprint density at radius 2 is 1.95 bits per heavy atom. The molecule has 21 heavy (non-hydrogen) atoms. The van der Waals surface area contributed by atoms with E-state index in [9.17, 15) is 14.0 Å². The van der Waals surface area contributed by atoms with Crippen molar-refractivity contribution in [1.82, 2.24) is 0 Å². The first-order chi connectivity index (χ1) is 10.1. The number of alkyl halides is 1. The third kappa shape index (κ3) is 4.15. The Hall–Kier alpha value is -2.17. The first-order valence-electron chi connectivity index (χ1n) is 6.85. The average molecular weight is 286 g/mol. The van der Waals surface area contributed by atoms with Gasteiger partial charge in [0, 0.05) is 0 Å². The number of esters is 1. The summed E-state index contributed by atoms with van der Waals surface area (Å²) in [6, 6.07) is 13.1. The van der Waals surface area contributed by atoms with Crippen LogP contribution in [0.25, 0.3) is 10.8 Å². The van der Waals surface area contributed by atoms with Crippen molar-refractivity contribution < 1.29 is 18.7 Å². The second-order valence-corrected chi connectivity index (χ2v) is 5.15. The minimum absolute atomic E-state index is 0.0640. The molecule has 0 radical (unpaired) electrons. The fourth-order valence-electron chi connectivity index (χ4n) is 2.13. The summed E-state index contributed by atoms with van der Waals surface area (Å²) in [5, 5.41) is 2.01. The molecule has 2 aromatic carbocycles. The van der Waals surface area contributed by atoms with Crippen molar-refractivity contribution in [2.24, 2.45) is 0 Å². The molecule has 2 aromatic rings. The van der Waals surface area contributed by atoms with Crippen molar-refractivity contribution in [1.29, 1.82) is 0 Å². The molecule has 0 fully saturated rings. The molecule has 2 rings (SSSR count). The number of aldehydes is 1. The van der Waals surface area contributed by atoms with Crippen molar-refractivity contribution in [2.75, 3.05) is 6.61 Å². The molecule has 0 aliphatic rings. The number of rotatable bonds is 6. The first kappa shape index (κ1) is 15.2. The van der Waals surface area contributed by atoms with E-state index >= 15 is 0 Å². The highest BCUT2D eigenvalue weighted by atomic mass is 19.1. The summed E-state index contributed by atoms with van der Waals surface area (Å²) in [4.78, 5) is 22.2. The predicted molar refractivity (Wildman–Crippen MR) is 82.1 cm³/mol. The van der Waals surface area contributed by atoms with Crippen LogP contribution in [0, 0.1) is 0 Å². The number of halogens is 1. The lowest BCUT2D eigenvalue weighted by Gasteiger charge is -2.12. The molecule has 0 aromatic heterocycles. The van der Waals surface area contributed by atoms with Crippen LogP contribution in [0.3, 0.4) is 0 Å². The molecule has 0 spiro atoms. The van der Waals surface area contributed by atoms with Gasteiger partial charge in [-0.15, -0.1) is 0 Å². The van der Waals surface area contributed by atoms with E-state index in [-0.39, 0.29) is 25.1 Å². The van der Waals surface area contributed by atoms with Gasteiger partial charge in [0.15, 0.2) is 12.5 Å². The second kappa shape index (κ2) is 7.02. The number of carbonyl (C=O) groups is 2. The van der Waals surface area contributed by atoms with Gasteiger partial charge < -0.3 is 9.53 Å². The van der Waals surface area contributed by atoms with Crippen LogP contribution < -0.4 is 0 Å². The molecule has 0 N–H and O–H groups in total. The van der Waals surface area contributed by atoms with Gasteiger partial charge in [-0.2, -0.15) is 0 Å². The lowest BCUT2D eigenvalue weighted by atomic mass is 9.84. The van der Waals surface area contributed by atoms with Crippen LogP contribution in [0.1, 0.15) is 16.8 Å². The minimum atomic E-state index is -1.50. The van der Waals surface area contributed by atoms with Gasteiger partial charge in [-0.25, -0.2) is 9.18 Å². The zero-order valence-electron chi connectivity index (χ0n) is 11.8. The Kier molecular flexibility index (Phi) is 5.09. The van der Waals surface area contributed by atoms with E-state index in [2.05, 4.69) is 0 Å². The lowest BCUT2D eigenvalue weighted by molar-refractivity contribution is -0.112. The van der Waals surface area contributed by atoms with Gasteiger partial charge in [-0.3, -0.25) is 0 Å². The molecule has 0 aliphatic carbocycles. The minimum Gasteiger partial charge on any atom is -0.463 e. The molecule has 3 nitrogen and oxygen atoms in total. The van der Waals surface area contributed by atoms with Crippen molar-refractivity contribution in [3.63, 3.8) is 0 Å². The van der Waals surface area contributed by atoms with E-state index in [1.807, 2.05) is 30.3 Å². The van der Waals surface area contributed by atoms with Crippen LogP contribution in [-0.2, 0) is 9.53 Å². The Labute approximate surface area is 123 Å². The maximum Gasteiger partial charge on any atom is 0.338 e. The summed E-state index contributed by atoms with van der Waals surface area (Å²) in [6.45, 7) is 0.0971. The van der Waals surface area contributed by atoms with Crippen LogP contribution in [0.15, 0.2) is 42.5 Å². The molecule has 0 bridgehead atoms. The zero-order chi connectivity index (χ0) is 15.2. The SMILES string of the molecule is B[C@@H](COC(=O)c1ccc2ccccc2c1)C[C@H](F)C=O. The number of hydrogen-bond donors (Lipinski definition) is 0. The zero-order valence-corrected chi connectivity index (χ0v) is 11.8. The summed E-state index contributed by atoms with van der Waals surface area (Å²) < 4.78 is 18.1. The summed E-state index contributed by atoms with van der Waals surface area (Å²) >= 11 is 0. The first-order valence-corrected chi connectivity index (χ1v) is 6.85. The van der Waals surface area contributed by atoms with Gasteiger partial charge in [-0.05, 0) is 35.1 Å². The van der Waals surface area contributed by atoms with E-state index in [1.165, 1.54) is 0 Å². The predicted octanol–water partition coefficient (Wildman–Crippen LogP) is 2.35. The fourth-order valence-corrected chi connectivity index (χ4v) is 2.13. The maximum absolute atomic E-state index is 12.9. The number of fused-ring (bicyclic) bond motifs is 1. The number of ether oxygens (including phenoxy) is 1. The number of hydrogen-bond acceptors (Lipinski definition) is 3. The van der Waals surface area contributed by atoms with Crippen LogP contribution in [-0.4, -0.2) is 32.9 Å². The van der Waals surface area contributed by atoms with E-state index in [0.29, 0.717) is 5.56 Å². The van der Waals surface area contributed by atoms with Gasteiger partial charge in [0.1, 0.15) is 7.85 Å². The summed E-state index contributed by atoms with van der Waals surface area (Å²) in [7, 11) is 1.74. The molecular formula is C16H16BFO3. The quantitative estimate of drug-likeness (QED) is 0.465. The molecule has 0 heterocycles. The highest BCUT2D eigenvalue weighted by Crippen LogP contribution is 2.17. The van der Waals surface area contributed by atoms with Crippen LogP contribution in [0.5, 0.6) is 0 Å². The normalized spacial score (nSPS) is 13.6. The standard InChI is InChI=1S/C16H16BFO3/c17-14(8-15(18)9-19)10-21-16(20)13-6-5-11-3-1-2-4-12(11)7-13/h1-7,9,14-15H,8,10,17H2/t14-,15+/m1/s1. The average Bonchev–Trinajstić information content (AvgIpc) is 2.51. The van der Waals surface area contributed by atoms with E-state index < -0.39 is 12.1 Å². The molecule has 0 saturated carbocycles. The summed E-state index contributed by atoms with van der Waals surface area (Å²) in [6.07, 6.45) is -1.17. The molecular weight excluding hydrogens is 270 g/mol. The molecule has 108 valence electrons. The number of benzene rings is 2. The van der Waals surface area contributed by atoms with Gasteiger partial charge in [0.25, 0.3) is 0 Å². The van der Waals surface area contributed by atoms with Crippen molar-refractivity contribution >= 4 is 30.9 Å². The van der Waals surface area contributed by atoms with Crippen LogP contribution >= 0.6 is 0 Å². The van der Waals surface area contributed by atoms with Crippen molar-refractivity contribution in [3.8, 4) is 0 Å². The highest BCUT2D eigenvalue weighted by molar-refractivity contribution is 6.12. The van der Waals surface area contributed by atoms with Gasteiger partial charge >= 0.3 is 5.97 Å². The maximum atomic E-state index is 12.9. The Balaban J connectivity index is 1.97. The molecule has 2 atom stereocenters. The van der Waals surface area contributed by atoms with Gasteiger partial charge in [0.05, 0.1) is 12.2 Å². The third-order valence-electron chi connectivity index (χ3n) is 3.26. The Morgan fingerprint density at radius 3 is 2.67 bits per heavy atom. The van der Waals surface area contributed by atoms with E-state index in [4.69, 9.17) is 4.74 Å². The monoisotopic (exact) mass is 286 g/mol. The fraction of sp³-hybridized carbons (Fsp3) is 0.250. The van der Waals surface area contributed by atoms with Gasteiger partial charge in [0.2, 0.25) is 0 Å². The van der Waals surface area contributed by atoms with Gasteiger partial charge in [-0.1, -0.05) is 30.3 Å². The molecule has 0 saturated heterocycles.